The summed E-state index contributed by atoms with van der Waals surface area (Å²) in [6, 6.07) is 0. The minimum absolute atomic E-state index is 0.968. The smallest absolute Gasteiger partial charge is 0.0740 e. The van der Waals surface area contributed by atoms with Crippen molar-refractivity contribution in [1.29, 1.82) is 0 Å². The van der Waals surface area contributed by atoms with Crippen LogP contribution < -0.4 is 0 Å². The third kappa shape index (κ3) is 2.22. The summed E-state index contributed by atoms with van der Waals surface area (Å²) in [5.41, 5.74) is 3.29. The zero-order chi connectivity index (χ0) is 9.19. The van der Waals surface area contributed by atoms with Crippen molar-refractivity contribution in [1.82, 2.24) is 0 Å². The maximum atomic E-state index is 3.99. The Kier molecular flexibility index (Phi) is 3.16. The van der Waals surface area contributed by atoms with Gasteiger partial charge in [0.25, 0.3) is 0 Å². The molecule has 1 rings (SSSR count). The Bertz CT molecular complexity index is 160. The summed E-state index contributed by atoms with van der Waals surface area (Å²) in [5, 5.41) is 0. The first-order chi connectivity index (χ1) is 5.56. The van der Waals surface area contributed by atoms with Crippen LogP contribution in [0.15, 0.2) is 12.3 Å². The standard InChI is InChI=1S/C11H22Si/c1-5-12(3,4)11-8-6-7-10(2)9-11/h5,10-11H,1,6-9H2,2-4H3. The molecule has 0 amide bonds. The third-order valence-electron chi connectivity index (χ3n) is 3.51. The van der Waals surface area contributed by atoms with Crippen LogP contribution in [-0.2, 0) is 0 Å². The lowest BCUT2D eigenvalue weighted by Crippen LogP contribution is -2.33. The van der Waals surface area contributed by atoms with Gasteiger partial charge in [-0.3, -0.25) is 0 Å². The van der Waals surface area contributed by atoms with E-state index < -0.39 is 8.07 Å². The summed E-state index contributed by atoms with van der Waals surface area (Å²) < 4.78 is 0. The molecule has 1 aliphatic rings. The molecule has 0 N–H and O–H groups in total. The summed E-state index contributed by atoms with van der Waals surface area (Å²) >= 11 is 0. The first kappa shape index (κ1) is 10.0. The lowest BCUT2D eigenvalue weighted by molar-refractivity contribution is 0.379. The molecule has 0 nitrogen and oxygen atoms in total. The van der Waals surface area contributed by atoms with E-state index in [0.717, 1.165) is 11.5 Å². The van der Waals surface area contributed by atoms with Crippen molar-refractivity contribution in [3.63, 3.8) is 0 Å². The van der Waals surface area contributed by atoms with Crippen LogP contribution in [0.25, 0.3) is 0 Å². The van der Waals surface area contributed by atoms with E-state index in [1.54, 1.807) is 0 Å². The van der Waals surface area contributed by atoms with Crippen molar-refractivity contribution >= 4 is 8.07 Å². The van der Waals surface area contributed by atoms with E-state index >= 15 is 0 Å². The van der Waals surface area contributed by atoms with Gasteiger partial charge in [0.15, 0.2) is 0 Å². The van der Waals surface area contributed by atoms with Crippen LogP contribution in [-0.4, -0.2) is 8.07 Å². The van der Waals surface area contributed by atoms with Crippen molar-refractivity contribution in [2.75, 3.05) is 0 Å². The van der Waals surface area contributed by atoms with E-state index in [2.05, 4.69) is 32.3 Å². The predicted molar refractivity (Wildman–Crippen MR) is 59.1 cm³/mol. The predicted octanol–water partition coefficient (Wildman–Crippen LogP) is 4.00. The fourth-order valence-corrected chi connectivity index (χ4v) is 4.57. The molecule has 0 saturated heterocycles. The van der Waals surface area contributed by atoms with Crippen molar-refractivity contribution in [3.8, 4) is 0 Å². The van der Waals surface area contributed by atoms with E-state index in [-0.39, 0.29) is 0 Å². The number of rotatable bonds is 2. The highest BCUT2D eigenvalue weighted by Crippen LogP contribution is 2.39. The Morgan fingerprint density at radius 2 is 2.00 bits per heavy atom. The minimum Gasteiger partial charge on any atom is -0.107 e. The Morgan fingerprint density at radius 3 is 2.50 bits per heavy atom. The molecule has 0 aliphatic heterocycles. The maximum Gasteiger partial charge on any atom is 0.0740 e. The number of hydrogen-bond donors (Lipinski definition) is 0. The average Bonchev–Trinajstić information content (AvgIpc) is 2.05. The summed E-state index contributed by atoms with van der Waals surface area (Å²) in [4.78, 5) is 0. The molecular formula is C11H22Si. The van der Waals surface area contributed by atoms with Gasteiger partial charge in [-0.15, -0.1) is 12.3 Å². The van der Waals surface area contributed by atoms with E-state index in [0.29, 0.717) is 0 Å². The fourth-order valence-electron chi connectivity index (χ4n) is 2.28. The van der Waals surface area contributed by atoms with E-state index in [1.165, 1.54) is 25.7 Å². The highest BCUT2D eigenvalue weighted by molar-refractivity contribution is 6.83. The van der Waals surface area contributed by atoms with Crippen LogP contribution in [0.3, 0.4) is 0 Å². The average molecular weight is 182 g/mol. The van der Waals surface area contributed by atoms with E-state index in [4.69, 9.17) is 0 Å². The zero-order valence-corrected chi connectivity index (χ0v) is 9.77. The molecule has 0 spiro atoms. The molecule has 0 aromatic rings. The molecule has 2 unspecified atom stereocenters. The SMILES string of the molecule is C=C[Si](C)(C)C1CCCC(C)C1. The first-order valence-electron chi connectivity index (χ1n) is 5.20. The van der Waals surface area contributed by atoms with Crippen LogP contribution in [0, 0.1) is 5.92 Å². The van der Waals surface area contributed by atoms with Crippen molar-refractivity contribution in [3.05, 3.63) is 12.3 Å². The van der Waals surface area contributed by atoms with Gasteiger partial charge in [-0.1, -0.05) is 39.3 Å². The van der Waals surface area contributed by atoms with Gasteiger partial charge in [0.1, 0.15) is 0 Å². The second-order valence-electron chi connectivity index (χ2n) is 4.99. The van der Waals surface area contributed by atoms with Gasteiger partial charge in [-0.05, 0) is 17.9 Å². The summed E-state index contributed by atoms with van der Waals surface area (Å²) in [5.74, 6) is 0.968. The quantitative estimate of drug-likeness (QED) is 0.566. The Balaban J connectivity index is 2.56. The van der Waals surface area contributed by atoms with Gasteiger partial charge in [-0.25, -0.2) is 0 Å². The fraction of sp³-hybridized carbons (Fsp3) is 0.818. The molecular weight excluding hydrogens is 160 g/mol. The maximum absolute atomic E-state index is 3.99. The van der Waals surface area contributed by atoms with Gasteiger partial charge in [-0.2, -0.15) is 0 Å². The normalized spacial score (nSPS) is 31.6. The molecule has 1 aliphatic carbocycles. The molecule has 1 fully saturated rings. The highest BCUT2D eigenvalue weighted by atomic mass is 28.3. The van der Waals surface area contributed by atoms with Crippen LogP contribution in [0.5, 0.6) is 0 Å². The minimum atomic E-state index is -1.05. The van der Waals surface area contributed by atoms with Crippen LogP contribution in [0.2, 0.25) is 18.6 Å². The Morgan fingerprint density at radius 1 is 1.33 bits per heavy atom. The zero-order valence-electron chi connectivity index (χ0n) is 8.77. The molecule has 0 aromatic heterocycles. The molecule has 0 bridgehead atoms. The van der Waals surface area contributed by atoms with E-state index in [9.17, 15) is 0 Å². The monoisotopic (exact) mass is 182 g/mol. The van der Waals surface area contributed by atoms with Crippen molar-refractivity contribution in [2.45, 2.75) is 51.2 Å². The van der Waals surface area contributed by atoms with Gasteiger partial charge in [0.2, 0.25) is 0 Å². The molecule has 2 atom stereocenters. The molecule has 0 radical (unpaired) electrons. The van der Waals surface area contributed by atoms with E-state index in [1.807, 2.05) is 0 Å². The van der Waals surface area contributed by atoms with Gasteiger partial charge >= 0.3 is 0 Å². The van der Waals surface area contributed by atoms with Gasteiger partial charge in [0.05, 0.1) is 8.07 Å². The topological polar surface area (TPSA) is 0 Å². The van der Waals surface area contributed by atoms with Crippen LogP contribution >= 0.6 is 0 Å². The van der Waals surface area contributed by atoms with Gasteiger partial charge in [0, 0.05) is 0 Å². The van der Waals surface area contributed by atoms with Crippen LogP contribution in [0.4, 0.5) is 0 Å². The second kappa shape index (κ2) is 3.78. The summed E-state index contributed by atoms with van der Waals surface area (Å²) in [6.45, 7) is 11.3. The number of hydrogen-bond acceptors (Lipinski definition) is 0. The lowest BCUT2D eigenvalue weighted by Gasteiger charge is -2.35. The molecule has 1 heteroatoms. The molecule has 70 valence electrons. The molecule has 12 heavy (non-hydrogen) atoms. The Hall–Kier alpha value is -0.0431. The molecule has 0 heterocycles. The Labute approximate surface area is 78.1 Å². The second-order valence-corrected chi connectivity index (χ2v) is 9.86. The van der Waals surface area contributed by atoms with Gasteiger partial charge < -0.3 is 0 Å². The summed E-state index contributed by atoms with van der Waals surface area (Å²) in [6.07, 6.45) is 5.84. The van der Waals surface area contributed by atoms with Crippen molar-refractivity contribution in [2.24, 2.45) is 5.92 Å². The van der Waals surface area contributed by atoms with Crippen molar-refractivity contribution < 1.29 is 0 Å². The first-order valence-corrected chi connectivity index (χ1v) is 8.35. The highest BCUT2D eigenvalue weighted by Gasteiger charge is 2.31. The molecule has 1 saturated carbocycles. The largest absolute Gasteiger partial charge is 0.107 e. The third-order valence-corrected chi connectivity index (χ3v) is 7.20. The lowest BCUT2D eigenvalue weighted by atomic mass is 9.90. The molecule has 0 aromatic carbocycles. The summed E-state index contributed by atoms with van der Waals surface area (Å²) in [7, 11) is -1.05. The van der Waals surface area contributed by atoms with Crippen LogP contribution in [0.1, 0.15) is 32.6 Å².